The van der Waals surface area contributed by atoms with Gasteiger partial charge in [-0.15, -0.1) is 0 Å². The molecule has 2 atom stereocenters. The third kappa shape index (κ3) is 7.65. The molecule has 4 nitrogen and oxygen atoms in total. The Bertz CT molecular complexity index is 584. The van der Waals surface area contributed by atoms with Crippen LogP contribution in [-0.2, 0) is 14.3 Å². The van der Waals surface area contributed by atoms with Crippen LogP contribution in [0.2, 0.25) is 0 Å². The molecule has 0 heterocycles. The fourth-order valence-corrected chi connectivity index (χ4v) is 3.82. The molecule has 1 aliphatic rings. The molecule has 0 aliphatic heterocycles. The molecular weight excluding hydrogens is 408 g/mol. The number of carbonyl (C=O) groups is 2. The second-order valence-electron chi connectivity index (χ2n) is 7.31. The van der Waals surface area contributed by atoms with Crippen LogP contribution in [0.25, 0.3) is 0 Å². The van der Waals surface area contributed by atoms with E-state index >= 15 is 0 Å². The van der Waals surface area contributed by atoms with E-state index in [0.29, 0.717) is 25.2 Å². The third-order valence-electron chi connectivity index (χ3n) is 5.15. The van der Waals surface area contributed by atoms with Gasteiger partial charge < -0.3 is 9.47 Å². The van der Waals surface area contributed by atoms with E-state index in [1.54, 1.807) is 12.1 Å². The minimum atomic E-state index is -0.403. The summed E-state index contributed by atoms with van der Waals surface area (Å²) in [5.74, 6) is -0.825. The van der Waals surface area contributed by atoms with Gasteiger partial charge >= 0.3 is 11.9 Å². The van der Waals surface area contributed by atoms with E-state index in [0.717, 1.165) is 30.2 Å². The Morgan fingerprint density at radius 2 is 1.52 bits per heavy atom. The van der Waals surface area contributed by atoms with Gasteiger partial charge in [-0.3, -0.25) is 9.59 Å². The number of halogens is 1. The summed E-state index contributed by atoms with van der Waals surface area (Å²) in [6.45, 7) is 2.65. The molecule has 2 rings (SSSR count). The largest absolute Gasteiger partial charge is 0.465 e. The highest BCUT2D eigenvalue weighted by molar-refractivity contribution is 9.10. The molecule has 1 aliphatic carbocycles. The van der Waals surface area contributed by atoms with E-state index in [9.17, 15) is 9.59 Å². The van der Waals surface area contributed by atoms with Gasteiger partial charge in [0, 0.05) is 4.47 Å². The first-order valence-electron chi connectivity index (χ1n) is 10.3. The first kappa shape index (κ1) is 21.9. The molecule has 0 saturated heterocycles. The van der Waals surface area contributed by atoms with E-state index in [2.05, 4.69) is 22.9 Å². The second kappa shape index (κ2) is 12.2. The zero-order valence-electron chi connectivity index (χ0n) is 16.3. The lowest BCUT2D eigenvalue weighted by atomic mass is 9.79. The van der Waals surface area contributed by atoms with Crippen LogP contribution >= 0.6 is 15.9 Å². The Morgan fingerprint density at radius 3 is 2.19 bits per heavy atom. The normalized spacial score (nSPS) is 19.5. The van der Waals surface area contributed by atoms with Gasteiger partial charge in [0.25, 0.3) is 0 Å². The van der Waals surface area contributed by atoms with E-state index in [-0.39, 0.29) is 17.9 Å². The number of rotatable bonds is 10. The molecule has 0 aromatic heterocycles. The molecule has 2 unspecified atom stereocenters. The number of unbranched alkanes of at least 4 members (excludes halogenated alkanes) is 5. The summed E-state index contributed by atoms with van der Waals surface area (Å²) in [6, 6.07) is 7.15. The van der Waals surface area contributed by atoms with Crippen molar-refractivity contribution in [3.63, 3.8) is 0 Å². The number of carbonyl (C=O) groups excluding carboxylic acids is 2. The molecule has 0 spiro atoms. The van der Waals surface area contributed by atoms with Crippen LogP contribution in [0.1, 0.15) is 71.1 Å². The van der Waals surface area contributed by atoms with Crippen molar-refractivity contribution in [1.29, 1.82) is 0 Å². The summed E-state index contributed by atoms with van der Waals surface area (Å²) in [4.78, 5) is 25.1. The minimum absolute atomic E-state index is 0.235. The third-order valence-corrected chi connectivity index (χ3v) is 5.67. The molecule has 0 radical (unpaired) electrons. The Hall–Kier alpha value is -1.36. The summed E-state index contributed by atoms with van der Waals surface area (Å²) < 4.78 is 11.9. The van der Waals surface area contributed by atoms with Gasteiger partial charge in [-0.25, -0.2) is 0 Å². The average Bonchev–Trinajstić information content (AvgIpc) is 2.69. The highest BCUT2D eigenvalue weighted by Crippen LogP contribution is 2.32. The van der Waals surface area contributed by atoms with Gasteiger partial charge in [-0.05, 0) is 43.5 Å². The van der Waals surface area contributed by atoms with Crippen LogP contribution in [0.15, 0.2) is 28.7 Å². The number of hydrogen-bond donors (Lipinski definition) is 0. The van der Waals surface area contributed by atoms with E-state index in [1.807, 2.05) is 12.1 Å². The molecule has 1 aromatic carbocycles. The number of ether oxygens (including phenoxy) is 2. The van der Waals surface area contributed by atoms with Crippen LogP contribution < -0.4 is 4.74 Å². The lowest BCUT2D eigenvalue weighted by Gasteiger charge is -2.28. The van der Waals surface area contributed by atoms with Crippen molar-refractivity contribution in [2.75, 3.05) is 6.61 Å². The second-order valence-corrected chi connectivity index (χ2v) is 8.22. The van der Waals surface area contributed by atoms with Crippen molar-refractivity contribution in [3.05, 3.63) is 28.7 Å². The summed E-state index contributed by atoms with van der Waals surface area (Å²) in [6.07, 6.45) is 10.2. The van der Waals surface area contributed by atoms with Crippen molar-refractivity contribution in [2.24, 2.45) is 11.8 Å². The van der Waals surface area contributed by atoms with E-state index in [1.165, 1.54) is 25.7 Å². The molecular formula is C22H31BrO4. The topological polar surface area (TPSA) is 52.6 Å². The molecule has 5 heteroatoms. The van der Waals surface area contributed by atoms with E-state index < -0.39 is 5.92 Å². The first-order chi connectivity index (χ1) is 13.1. The standard InChI is InChI=1S/C22H31BrO4/c1-2-3-4-5-6-9-16-26-21(24)19-10-7-8-11-20(19)22(25)27-18-14-12-17(23)13-15-18/h12-15,19-20H,2-11,16H2,1H3. The maximum Gasteiger partial charge on any atom is 0.315 e. The number of benzene rings is 1. The minimum Gasteiger partial charge on any atom is -0.465 e. The van der Waals surface area contributed by atoms with Gasteiger partial charge in [0.1, 0.15) is 5.75 Å². The zero-order valence-corrected chi connectivity index (χ0v) is 17.8. The predicted octanol–water partition coefficient (Wildman–Crippen LogP) is 6.06. The van der Waals surface area contributed by atoms with Crippen molar-refractivity contribution < 1.29 is 19.1 Å². The molecule has 27 heavy (non-hydrogen) atoms. The molecule has 150 valence electrons. The predicted molar refractivity (Wildman–Crippen MR) is 110 cm³/mol. The molecule has 1 aromatic rings. The van der Waals surface area contributed by atoms with Crippen molar-refractivity contribution >= 4 is 27.9 Å². The smallest absolute Gasteiger partial charge is 0.315 e. The maximum atomic E-state index is 12.6. The number of esters is 2. The maximum absolute atomic E-state index is 12.6. The summed E-state index contributed by atoms with van der Waals surface area (Å²) in [7, 11) is 0. The van der Waals surface area contributed by atoms with Crippen LogP contribution in [0.5, 0.6) is 5.75 Å². The molecule has 0 amide bonds. The Kier molecular flexibility index (Phi) is 9.89. The van der Waals surface area contributed by atoms with E-state index in [4.69, 9.17) is 9.47 Å². The monoisotopic (exact) mass is 438 g/mol. The quantitative estimate of drug-likeness (QED) is 0.252. The molecule has 0 bridgehead atoms. The Labute approximate surface area is 171 Å². The zero-order chi connectivity index (χ0) is 19.5. The molecule has 1 fully saturated rings. The van der Waals surface area contributed by atoms with Crippen LogP contribution in [-0.4, -0.2) is 18.5 Å². The molecule has 1 saturated carbocycles. The van der Waals surface area contributed by atoms with Crippen LogP contribution in [0.3, 0.4) is 0 Å². The van der Waals surface area contributed by atoms with Crippen LogP contribution in [0, 0.1) is 11.8 Å². The van der Waals surface area contributed by atoms with Crippen molar-refractivity contribution in [3.8, 4) is 5.75 Å². The number of hydrogen-bond acceptors (Lipinski definition) is 4. The SMILES string of the molecule is CCCCCCCCOC(=O)C1CCCCC1C(=O)Oc1ccc(Br)cc1. The summed E-state index contributed by atoms with van der Waals surface area (Å²) >= 11 is 3.36. The highest BCUT2D eigenvalue weighted by atomic mass is 79.9. The fraction of sp³-hybridized carbons (Fsp3) is 0.636. The highest BCUT2D eigenvalue weighted by Gasteiger charge is 2.38. The van der Waals surface area contributed by atoms with Gasteiger partial charge in [-0.1, -0.05) is 67.8 Å². The molecule has 0 N–H and O–H groups in total. The fourth-order valence-electron chi connectivity index (χ4n) is 3.55. The average molecular weight is 439 g/mol. The van der Waals surface area contributed by atoms with Gasteiger partial charge in [0.05, 0.1) is 18.4 Å². The summed E-state index contributed by atoms with van der Waals surface area (Å²) in [5, 5.41) is 0. The summed E-state index contributed by atoms with van der Waals surface area (Å²) in [5.41, 5.74) is 0. The van der Waals surface area contributed by atoms with Gasteiger partial charge in [0.2, 0.25) is 0 Å². The van der Waals surface area contributed by atoms with Gasteiger partial charge in [0.15, 0.2) is 0 Å². The van der Waals surface area contributed by atoms with Gasteiger partial charge in [-0.2, -0.15) is 0 Å². The van der Waals surface area contributed by atoms with Crippen LogP contribution in [0.4, 0.5) is 0 Å². The lowest BCUT2D eigenvalue weighted by Crippen LogP contribution is -2.36. The Balaban J connectivity index is 1.79. The Morgan fingerprint density at radius 1 is 0.926 bits per heavy atom. The lowest BCUT2D eigenvalue weighted by molar-refractivity contribution is -0.158. The first-order valence-corrected chi connectivity index (χ1v) is 11.0. The van der Waals surface area contributed by atoms with Crippen molar-refractivity contribution in [1.82, 2.24) is 0 Å². The van der Waals surface area contributed by atoms with Crippen molar-refractivity contribution in [2.45, 2.75) is 71.1 Å².